The van der Waals surface area contributed by atoms with Crippen LogP contribution in [-0.4, -0.2) is 26.5 Å². The smallest absolute Gasteiger partial charge is 0.306 e. The number of halogens is 1. The molecule has 4 nitrogen and oxygen atoms in total. The summed E-state index contributed by atoms with van der Waals surface area (Å²) in [6.45, 7) is 1.96. The molecule has 88 valence electrons. The van der Waals surface area contributed by atoms with Crippen molar-refractivity contribution in [2.75, 3.05) is 18.0 Å². The molecule has 0 spiro atoms. The third-order valence-corrected chi connectivity index (χ3v) is 3.26. The second-order valence-corrected chi connectivity index (χ2v) is 5.27. The van der Waals surface area contributed by atoms with E-state index in [2.05, 4.69) is 9.88 Å². The summed E-state index contributed by atoms with van der Waals surface area (Å²) < 4.78 is 33.3. The molecule has 6 heteroatoms. The SMILES string of the molecule is O=S(=O)(F)Cc1ccc(N2CCCC2)nc1. The van der Waals surface area contributed by atoms with E-state index in [0.29, 0.717) is 5.56 Å². The Morgan fingerprint density at radius 2 is 2.00 bits per heavy atom. The number of hydrogen-bond donors (Lipinski definition) is 0. The summed E-state index contributed by atoms with van der Waals surface area (Å²) in [4.78, 5) is 6.27. The largest absolute Gasteiger partial charge is 0.357 e. The lowest BCUT2D eigenvalue weighted by Gasteiger charge is -2.15. The van der Waals surface area contributed by atoms with Gasteiger partial charge in [0.05, 0.1) is 0 Å². The van der Waals surface area contributed by atoms with Gasteiger partial charge in [0.1, 0.15) is 11.6 Å². The average Bonchev–Trinajstić information content (AvgIpc) is 2.69. The highest BCUT2D eigenvalue weighted by Crippen LogP contribution is 2.18. The molecule has 0 atom stereocenters. The first-order valence-corrected chi connectivity index (χ1v) is 6.72. The molecule has 1 aliphatic heterocycles. The predicted octanol–water partition coefficient (Wildman–Crippen LogP) is 1.48. The third kappa shape index (κ3) is 2.91. The Balaban J connectivity index is 2.10. The number of hydrogen-bond acceptors (Lipinski definition) is 4. The van der Waals surface area contributed by atoms with Gasteiger partial charge >= 0.3 is 10.2 Å². The Bertz CT molecular complexity index is 452. The first-order valence-electron chi connectivity index (χ1n) is 5.17. The van der Waals surface area contributed by atoms with E-state index in [1.54, 1.807) is 12.1 Å². The van der Waals surface area contributed by atoms with Crippen LogP contribution in [0.3, 0.4) is 0 Å². The summed E-state index contributed by atoms with van der Waals surface area (Å²) >= 11 is 0. The number of nitrogens with zero attached hydrogens (tertiary/aromatic N) is 2. The average molecular weight is 244 g/mol. The van der Waals surface area contributed by atoms with E-state index in [-0.39, 0.29) is 0 Å². The van der Waals surface area contributed by atoms with Gasteiger partial charge in [-0.25, -0.2) is 4.98 Å². The van der Waals surface area contributed by atoms with Gasteiger partial charge in [-0.05, 0) is 24.5 Å². The fourth-order valence-corrected chi connectivity index (χ4v) is 2.40. The first-order chi connectivity index (χ1) is 7.54. The standard InChI is InChI=1S/C10H13FN2O2S/c11-16(14,15)8-9-3-4-10(12-7-9)13-5-1-2-6-13/h3-4,7H,1-2,5-6,8H2. The summed E-state index contributed by atoms with van der Waals surface area (Å²) in [7, 11) is -4.46. The van der Waals surface area contributed by atoms with Crippen LogP contribution in [0.4, 0.5) is 9.70 Å². The zero-order valence-corrected chi connectivity index (χ0v) is 9.58. The maximum atomic E-state index is 12.4. The summed E-state index contributed by atoms with van der Waals surface area (Å²) in [5.74, 6) is 0.234. The highest BCUT2D eigenvalue weighted by Gasteiger charge is 2.14. The number of anilines is 1. The van der Waals surface area contributed by atoms with Crippen LogP contribution in [0.25, 0.3) is 0 Å². The van der Waals surface area contributed by atoms with E-state index in [9.17, 15) is 12.3 Å². The molecule has 16 heavy (non-hydrogen) atoms. The van der Waals surface area contributed by atoms with Crippen LogP contribution >= 0.6 is 0 Å². The molecular formula is C10H13FN2O2S. The Morgan fingerprint density at radius 1 is 1.31 bits per heavy atom. The minimum atomic E-state index is -4.46. The minimum Gasteiger partial charge on any atom is -0.357 e. The Hall–Kier alpha value is -1.17. The molecule has 1 fully saturated rings. The van der Waals surface area contributed by atoms with Crippen LogP contribution in [0.1, 0.15) is 18.4 Å². The fraction of sp³-hybridized carbons (Fsp3) is 0.500. The van der Waals surface area contributed by atoms with Crippen LogP contribution < -0.4 is 4.90 Å². The summed E-state index contributed by atoms with van der Waals surface area (Å²) in [5, 5.41) is 0. The molecule has 0 unspecified atom stereocenters. The van der Waals surface area contributed by atoms with Crippen molar-refractivity contribution in [3.63, 3.8) is 0 Å². The van der Waals surface area contributed by atoms with Gasteiger partial charge in [-0.2, -0.15) is 8.42 Å². The maximum absolute atomic E-state index is 12.4. The molecule has 0 N–H and O–H groups in total. The van der Waals surface area contributed by atoms with Crippen molar-refractivity contribution in [3.8, 4) is 0 Å². The lowest BCUT2D eigenvalue weighted by atomic mass is 10.3. The number of aromatic nitrogens is 1. The number of rotatable bonds is 3. The molecule has 0 aliphatic carbocycles. The highest BCUT2D eigenvalue weighted by molar-refractivity contribution is 7.85. The van der Waals surface area contributed by atoms with E-state index in [0.717, 1.165) is 31.7 Å². The Morgan fingerprint density at radius 3 is 2.50 bits per heavy atom. The van der Waals surface area contributed by atoms with Gasteiger partial charge in [0, 0.05) is 19.3 Å². The molecule has 2 rings (SSSR count). The van der Waals surface area contributed by atoms with Crippen molar-refractivity contribution >= 4 is 16.0 Å². The molecule has 0 amide bonds. The van der Waals surface area contributed by atoms with Crippen LogP contribution in [0.15, 0.2) is 18.3 Å². The summed E-state index contributed by atoms with van der Waals surface area (Å²) in [6.07, 6.45) is 3.73. The molecule has 1 aromatic heterocycles. The van der Waals surface area contributed by atoms with Gasteiger partial charge in [0.2, 0.25) is 0 Å². The van der Waals surface area contributed by atoms with Crippen LogP contribution in [0.5, 0.6) is 0 Å². The molecule has 0 aromatic carbocycles. The zero-order chi connectivity index (χ0) is 11.6. The second-order valence-electron chi connectivity index (χ2n) is 3.90. The first kappa shape index (κ1) is 11.3. The maximum Gasteiger partial charge on any atom is 0.306 e. The molecule has 1 saturated heterocycles. The zero-order valence-electron chi connectivity index (χ0n) is 8.76. The van der Waals surface area contributed by atoms with Crippen molar-refractivity contribution in [2.24, 2.45) is 0 Å². The quantitative estimate of drug-likeness (QED) is 0.756. The highest BCUT2D eigenvalue weighted by atomic mass is 32.3. The van der Waals surface area contributed by atoms with Crippen molar-refractivity contribution in [1.29, 1.82) is 0 Å². The number of pyridine rings is 1. The lowest BCUT2D eigenvalue weighted by Crippen LogP contribution is -2.18. The molecule has 1 aromatic rings. The molecule has 0 saturated carbocycles. The van der Waals surface area contributed by atoms with Crippen molar-refractivity contribution in [3.05, 3.63) is 23.9 Å². The van der Waals surface area contributed by atoms with Gasteiger partial charge in [-0.15, -0.1) is 3.89 Å². The Labute approximate surface area is 94.3 Å². The summed E-state index contributed by atoms with van der Waals surface area (Å²) in [5.41, 5.74) is 0.380. The molecular weight excluding hydrogens is 231 g/mol. The minimum absolute atomic E-state index is 0.380. The molecule has 1 aliphatic rings. The van der Waals surface area contributed by atoms with Crippen LogP contribution in [-0.2, 0) is 16.0 Å². The lowest BCUT2D eigenvalue weighted by molar-refractivity contribution is 0.551. The fourth-order valence-electron chi connectivity index (χ4n) is 1.83. The van der Waals surface area contributed by atoms with E-state index in [1.165, 1.54) is 6.20 Å². The van der Waals surface area contributed by atoms with Gasteiger partial charge in [-0.3, -0.25) is 0 Å². The van der Waals surface area contributed by atoms with Gasteiger partial charge in [0.15, 0.2) is 0 Å². The second kappa shape index (κ2) is 4.37. The normalized spacial score (nSPS) is 16.7. The van der Waals surface area contributed by atoms with Crippen LogP contribution in [0, 0.1) is 0 Å². The van der Waals surface area contributed by atoms with E-state index < -0.39 is 16.0 Å². The van der Waals surface area contributed by atoms with E-state index >= 15 is 0 Å². The van der Waals surface area contributed by atoms with Gasteiger partial charge in [0.25, 0.3) is 0 Å². The predicted molar refractivity (Wildman–Crippen MR) is 59.4 cm³/mol. The van der Waals surface area contributed by atoms with Crippen molar-refractivity contribution in [2.45, 2.75) is 18.6 Å². The van der Waals surface area contributed by atoms with Crippen molar-refractivity contribution in [1.82, 2.24) is 4.98 Å². The monoisotopic (exact) mass is 244 g/mol. The topological polar surface area (TPSA) is 50.3 Å². The molecule has 0 bridgehead atoms. The van der Waals surface area contributed by atoms with Crippen LogP contribution in [0.2, 0.25) is 0 Å². The summed E-state index contributed by atoms with van der Waals surface area (Å²) in [6, 6.07) is 3.35. The third-order valence-electron chi connectivity index (χ3n) is 2.58. The van der Waals surface area contributed by atoms with Gasteiger partial charge < -0.3 is 4.90 Å². The van der Waals surface area contributed by atoms with E-state index in [1.807, 2.05) is 0 Å². The van der Waals surface area contributed by atoms with Gasteiger partial charge in [-0.1, -0.05) is 6.07 Å². The molecule has 2 heterocycles. The van der Waals surface area contributed by atoms with E-state index in [4.69, 9.17) is 0 Å². The molecule has 0 radical (unpaired) electrons. The van der Waals surface area contributed by atoms with Crippen molar-refractivity contribution < 1.29 is 12.3 Å². The Kier molecular flexibility index (Phi) is 3.09.